The summed E-state index contributed by atoms with van der Waals surface area (Å²) >= 11 is 5.70. The van der Waals surface area contributed by atoms with Gasteiger partial charge in [-0.3, -0.25) is 10.1 Å². The van der Waals surface area contributed by atoms with Crippen molar-refractivity contribution in [2.75, 3.05) is 11.9 Å². The van der Waals surface area contributed by atoms with Gasteiger partial charge in [-0.1, -0.05) is 11.6 Å². The van der Waals surface area contributed by atoms with E-state index < -0.39 is 4.92 Å². The van der Waals surface area contributed by atoms with Crippen molar-refractivity contribution in [1.82, 2.24) is 10.3 Å². The maximum Gasteiger partial charge on any atom is 0.274 e. The maximum atomic E-state index is 10.6. The monoisotopic (exact) mass is 270 g/mol. The van der Waals surface area contributed by atoms with Crippen molar-refractivity contribution in [3.63, 3.8) is 0 Å². The van der Waals surface area contributed by atoms with Gasteiger partial charge in [0, 0.05) is 13.1 Å². The number of aromatic nitrogens is 1. The number of nitrogens with one attached hydrogen (secondary N) is 1. The predicted octanol–water partition coefficient (Wildman–Crippen LogP) is 2.24. The molecule has 1 N–H and O–H groups in total. The molecule has 98 valence electrons. The number of hydrogen-bond acceptors (Lipinski definition) is 5. The SMILES string of the molecule is CC(C)NC(=C[N+](=O)[O-])N(C)c1ccc(Cl)nc1. The van der Waals surface area contributed by atoms with Crippen LogP contribution in [0.1, 0.15) is 13.8 Å². The van der Waals surface area contributed by atoms with Crippen LogP contribution in [0.25, 0.3) is 0 Å². The number of rotatable bonds is 5. The Kier molecular flexibility index (Phi) is 4.91. The lowest BCUT2D eigenvalue weighted by atomic mass is 10.3. The fourth-order valence-corrected chi connectivity index (χ4v) is 1.43. The molecule has 0 unspecified atom stereocenters. The van der Waals surface area contributed by atoms with Gasteiger partial charge < -0.3 is 10.2 Å². The Bertz CT molecular complexity index is 445. The van der Waals surface area contributed by atoms with Crippen LogP contribution >= 0.6 is 11.6 Å². The fourth-order valence-electron chi connectivity index (χ4n) is 1.32. The molecule has 0 aliphatic carbocycles. The molecule has 0 aliphatic heterocycles. The van der Waals surface area contributed by atoms with Crippen molar-refractivity contribution in [2.45, 2.75) is 19.9 Å². The first-order valence-corrected chi connectivity index (χ1v) is 5.75. The van der Waals surface area contributed by atoms with E-state index in [1.807, 2.05) is 13.8 Å². The van der Waals surface area contributed by atoms with Crippen LogP contribution in [0.2, 0.25) is 5.15 Å². The normalized spacial score (nSPS) is 11.5. The molecule has 18 heavy (non-hydrogen) atoms. The minimum atomic E-state index is -0.495. The summed E-state index contributed by atoms with van der Waals surface area (Å²) in [7, 11) is 1.72. The smallest absolute Gasteiger partial charge is 0.274 e. The fraction of sp³-hybridized carbons (Fsp3) is 0.364. The second kappa shape index (κ2) is 6.20. The molecule has 6 nitrogen and oxygen atoms in total. The Morgan fingerprint density at radius 1 is 1.61 bits per heavy atom. The molecule has 0 aromatic carbocycles. The minimum Gasteiger partial charge on any atom is -0.364 e. The Labute approximate surface area is 110 Å². The first-order valence-electron chi connectivity index (χ1n) is 5.37. The highest BCUT2D eigenvalue weighted by Crippen LogP contribution is 2.17. The van der Waals surface area contributed by atoms with Crippen LogP contribution in [-0.4, -0.2) is 23.0 Å². The van der Waals surface area contributed by atoms with E-state index in [-0.39, 0.29) is 6.04 Å². The average Bonchev–Trinajstić information content (AvgIpc) is 2.27. The summed E-state index contributed by atoms with van der Waals surface area (Å²) < 4.78 is 0. The number of hydrogen-bond donors (Lipinski definition) is 1. The van der Waals surface area contributed by atoms with E-state index in [2.05, 4.69) is 10.3 Å². The number of pyridine rings is 1. The Balaban J connectivity index is 2.98. The zero-order valence-electron chi connectivity index (χ0n) is 10.4. The Morgan fingerprint density at radius 2 is 2.28 bits per heavy atom. The summed E-state index contributed by atoms with van der Waals surface area (Å²) in [6, 6.07) is 3.46. The third-order valence-electron chi connectivity index (χ3n) is 2.12. The standard InChI is InChI=1S/C11H15ClN4O2/c1-8(2)14-11(7-16(17)18)15(3)9-4-5-10(12)13-6-9/h4-8,14H,1-3H3. The van der Waals surface area contributed by atoms with Gasteiger partial charge in [0.05, 0.1) is 16.8 Å². The first kappa shape index (κ1) is 14.2. The van der Waals surface area contributed by atoms with Crippen molar-refractivity contribution >= 4 is 17.3 Å². The van der Waals surface area contributed by atoms with Crippen molar-refractivity contribution in [3.8, 4) is 0 Å². The summed E-state index contributed by atoms with van der Waals surface area (Å²) in [6.07, 6.45) is 2.48. The largest absolute Gasteiger partial charge is 0.364 e. The number of halogens is 1. The quantitative estimate of drug-likeness (QED) is 0.505. The first-order chi connectivity index (χ1) is 8.40. The van der Waals surface area contributed by atoms with Gasteiger partial charge in [0.15, 0.2) is 5.82 Å². The topological polar surface area (TPSA) is 71.3 Å². The third kappa shape index (κ3) is 4.21. The molecule has 0 saturated heterocycles. The lowest BCUT2D eigenvalue weighted by Crippen LogP contribution is -2.33. The Morgan fingerprint density at radius 3 is 2.72 bits per heavy atom. The molecule has 0 saturated carbocycles. The molecule has 0 radical (unpaired) electrons. The van der Waals surface area contributed by atoms with Gasteiger partial charge in [0.2, 0.25) is 0 Å². The van der Waals surface area contributed by atoms with Gasteiger partial charge in [-0.15, -0.1) is 0 Å². The van der Waals surface area contributed by atoms with Gasteiger partial charge >= 0.3 is 0 Å². The molecule has 1 heterocycles. The van der Waals surface area contributed by atoms with Gasteiger partial charge in [-0.2, -0.15) is 0 Å². The molecule has 0 aliphatic rings. The van der Waals surface area contributed by atoms with E-state index in [9.17, 15) is 10.1 Å². The maximum absolute atomic E-state index is 10.6. The lowest BCUT2D eigenvalue weighted by molar-refractivity contribution is -0.403. The number of nitro groups is 1. The van der Waals surface area contributed by atoms with Crippen LogP contribution in [0.15, 0.2) is 30.4 Å². The van der Waals surface area contributed by atoms with E-state index in [1.54, 1.807) is 30.3 Å². The Hall–Kier alpha value is -1.82. The van der Waals surface area contributed by atoms with E-state index in [0.717, 1.165) is 6.20 Å². The second-order valence-electron chi connectivity index (χ2n) is 4.00. The molecule has 0 atom stereocenters. The van der Waals surface area contributed by atoms with Crippen LogP contribution in [0.5, 0.6) is 0 Å². The van der Waals surface area contributed by atoms with Gasteiger partial charge in [-0.05, 0) is 26.0 Å². The molecule has 0 fully saturated rings. The van der Waals surface area contributed by atoms with E-state index in [0.29, 0.717) is 16.7 Å². The van der Waals surface area contributed by atoms with E-state index in [4.69, 9.17) is 11.6 Å². The van der Waals surface area contributed by atoms with Crippen molar-refractivity contribution in [2.24, 2.45) is 0 Å². The highest BCUT2D eigenvalue weighted by atomic mass is 35.5. The third-order valence-corrected chi connectivity index (χ3v) is 2.35. The molecular formula is C11H15ClN4O2. The molecule has 1 aromatic rings. The summed E-state index contributed by atoms with van der Waals surface area (Å²) in [4.78, 5) is 15.7. The van der Waals surface area contributed by atoms with Crippen LogP contribution in [-0.2, 0) is 0 Å². The molecule has 0 bridgehead atoms. The minimum absolute atomic E-state index is 0.0823. The van der Waals surface area contributed by atoms with Crippen molar-refractivity contribution < 1.29 is 4.92 Å². The summed E-state index contributed by atoms with van der Waals surface area (Å²) in [5.74, 6) is 0.388. The molecule has 7 heteroatoms. The average molecular weight is 271 g/mol. The second-order valence-corrected chi connectivity index (χ2v) is 4.38. The zero-order chi connectivity index (χ0) is 13.7. The van der Waals surface area contributed by atoms with Crippen LogP contribution in [0.3, 0.4) is 0 Å². The van der Waals surface area contributed by atoms with Crippen molar-refractivity contribution in [3.05, 3.63) is 45.6 Å². The van der Waals surface area contributed by atoms with Crippen LogP contribution in [0.4, 0.5) is 5.69 Å². The number of anilines is 1. The van der Waals surface area contributed by atoms with Gasteiger partial charge in [-0.25, -0.2) is 4.98 Å². The van der Waals surface area contributed by atoms with E-state index in [1.165, 1.54) is 0 Å². The van der Waals surface area contributed by atoms with E-state index >= 15 is 0 Å². The summed E-state index contributed by atoms with van der Waals surface area (Å²) in [5, 5.41) is 14.0. The molecule has 0 spiro atoms. The zero-order valence-corrected chi connectivity index (χ0v) is 11.2. The summed E-state index contributed by atoms with van der Waals surface area (Å²) in [6.45, 7) is 3.81. The highest BCUT2D eigenvalue weighted by Gasteiger charge is 2.12. The van der Waals surface area contributed by atoms with Crippen LogP contribution < -0.4 is 10.2 Å². The van der Waals surface area contributed by atoms with Gasteiger partial charge in [0.1, 0.15) is 5.15 Å². The summed E-state index contributed by atoms with van der Waals surface area (Å²) in [5.41, 5.74) is 0.709. The van der Waals surface area contributed by atoms with Gasteiger partial charge in [0.25, 0.3) is 6.20 Å². The molecule has 0 amide bonds. The highest BCUT2D eigenvalue weighted by molar-refractivity contribution is 6.29. The molecule has 1 aromatic heterocycles. The molecule has 1 rings (SSSR count). The van der Waals surface area contributed by atoms with Crippen molar-refractivity contribution in [1.29, 1.82) is 0 Å². The number of nitrogens with zero attached hydrogens (tertiary/aromatic N) is 3. The van der Waals surface area contributed by atoms with Crippen LogP contribution in [0, 0.1) is 10.1 Å². The lowest BCUT2D eigenvalue weighted by Gasteiger charge is -2.23. The predicted molar refractivity (Wildman–Crippen MR) is 71.0 cm³/mol. The molecular weight excluding hydrogens is 256 g/mol.